The number of hydrogen-bond acceptors (Lipinski definition) is 6. The molecule has 0 radical (unpaired) electrons. The van der Waals surface area contributed by atoms with Crippen LogP contribution < -0.4 is 10.1 Å². The lowest BCUT2D eigenvalue weighted by Gasteiger charge is -2.10. The van der Waals surface area contributed by atoms with E-state index in [2.05, 4.69) is 20.4 Å². The highest BCUT2D eigenvalue weighted by Gasteiger charge is 2.15. The summed E-state index contributed by atoms with van der Waals surface area (Å²) in [6.07, 6.45) is 2.09. The normalized spacial score (nSPS) is 10.7. The van der Waals surface area contributed by atoms with Crippen molar-refractivity contribution in [2.45, 2.75) is 6.42 Å². The topological polar surface area (TPSA) is 73.1 Å². The molecule has 0 amide bonds. The molecule has 0 bridgehead atoms. The van der Waals surface area contributed by atoms with Crippen molar-refractivity contribution in [2.75, 3.05) is 12.4 Å². The van der Waals surface area contributed by atoms with Crippen LogP contribution in [0, 0.1) is 0 Å². The minimum Gasteiger partial charge on any atom is -0.457 e. The van der Waals surface area contributed by atoms with Gasteiger partial charge in [-0.25, -0.2) is 4.98 Å². The Labute approximate surface area is 177 Å². The molecule has 146 valence electrons. The minimum absolute atomic E-state index is 0.391. The van der Waals surface area contributed by atoms with Gasteiger partial charge in [0.05, 0.1) is 12.0 Å². The second-order valence-electron chi connectivity index (χ2n) is 6.15. The van der Waals surface area contributed by atoms with Crippen molar-refractivity contribution in [3.8, 4) is 22.9 Å². The lowest BCUT2D eigenvalue weighted by Crippen LogP contribution is -1.96. The number of halogens is 2. The lowest BCUT2D eigenvalue weighted by atomic mass is 10.1. The maximum absolute atomic E-state index is 6.16. The zero-order valence-corrected chi connectivity index (χ0v) is 16.9. The van der Waals surface area contributed by atoms with Gasteiger partial charge in [-0.1, -0.05) is 34.4 Å². The summed E-state index contributed by atoms with van der Waals surface area (Å²) in [4.78, 5) is 8.77. The van der Waals surface area contributed by atoms with Crippen molar-refractivity contribution in [1.82, 2.24) is 15.1 Å². The van der Waals surface area contributed by atoms with Crippen LogP contribution >= 0.6 is 23.2 Å². The van der Waals surface area contributed by atoms with Gasteiger partial charge in [-0.15, -0.1) is 0 Å². The van der Waals surface area contributed by atoms with Crippen LogP contribution in [0.3, 0.4) is 0 Å². The fourth-order valence-corrected chi connectivity index (χ4v) is 3.07. The van der Waals surface area contributed by atoms with Gasteiger partial charge in [0.15, 0.2) is 0 Å². The van der Waals surface area contributed by atoms with Crippen LogP contribution in [0.2, 0.25) is 10.0 Å². The molecule has 0 unspecified atom stereocenters. The van der Waals surface area contributed by atoms with Crippen LogP contribution in [0.5, 0.6) is 11.5 Å². The van der Waals surface area contributed by atoms with E-state index in [1.165, 1.54) is 0 Å². The van der Waals surface area contributed by atoms with E-state index in [0.717, 1.165) is 11.1 Å². The summed E-state index contributed by atoms with van der Waals surface area (Å²) in [5.41, 5.74) is 1.62. The maximum Gasteiger partial charge on any atom is 0.231 e. The molecule has 0 spiro atoms. The minimum atomic E-state index is 0.391. The molecule has 0 atom stereocenters. The zero-order valence-electron chi connectivity index (χ0n) is 15.4. The summed E-state index contributed by atoms with van der Waals surface area (Å²) < 4.78 is 11.4. The van der Waals surface area contributed by atoms with Crippen molar-refractivity contribution < 1.29 is 9.26 Å². The number of hydrogen-bond donors (Lipinski definition) is 1. The zero-order chi connectivity index (χ0) is 20.2. The van der Waals surface area contributed by atoms with Gasteiger partial charge < -0.3 is 14.6 Å². The monoisotopic (exact) mass is 426 g/mol. The number of nitrogens with zero attached hydrogens (tertiary/aromatic N) is 3. The SMILES string of the molecule is CNc1ncccc1-c1noc(Cc2ccc(Cl)cc2Oc2ccc(Cl)cc2)n1. The highest BCUT2D eigenvalue weighted by molar-refractivity contribution is 6.31. The summed E-state index contributed by atoms with van der Waals surface area (Å²) in [5.74, 6) is 2.86. The van der Waals surface area contributed by atoms with Crippen LogP contribution in [-0.2, 0) is 6.42 Å². The van der Waals surface area contributed by atoms with E-state index in [9.17, 15) is 0 Å². The number of pyridine rings is 1. The molecule has 4 aromatic rings. The quantitative estimate of drug-likeness (QED) is 0.415. The summed E-state index contributed by atoms with van der Waals surface area (Å²) in [5, 5.41) is 8.31. The Balaban J connectivity index is 1.60. The molecular weight excluding hydrogens is 411 g/mol. The van der Waals surface area contributed by atoms with Crippen LogP contribution in [-0.4, -0.2) is 22.2 Å². The third-order valence-corrected chi connectivity index (χ3v) is 4.65. The molecule has 0 aliphatic carbocycles. The first-order chi connectivity index (χ1) is 14.1. The molecule has 2 aromatic carbocycles. The molecule has 8 heteroatoms. The largest absolute Gasteiger partial charge is 0.457 e. The average Bonchev–Trinajstić information content (AvgIpc) is 3.20. The Morgan fingerprint density at radius 2 is 1.83 bits per heavy atom. The summed E-state index contributed by atoms with van der Waals surface area (Å²) in [7, 11) is 1.79. The Bertz CT molecular complexity index is 1130. The first kappa shape index (κ1) is 19.2. The van der Waals surface area contributed by atoms with Gasteiger partial charge in [-0.2, -0.15) is 4.98 Å². The Hall–Kier alpha value is -3.09. The number of anilines is 1. The fourth-order valence-electron chi connectivity index (χ4n) is 2.78. The molecule has 0 aliphatic heterocycles. The number of benzene rings is 2. The van der Waals surface area contributed by atoms with Gasteiger partial charge in [-0.3, -0.25) is 0 Å². The third kappa shape index (κ3) is 4.50. The third-order valence-electron chi connectivity index (χ3n) is 4.17. The second-order valence-corrected chi connectivity index (χ2v) is 7.02. The van der Waals surface area contributed by atoms with Crippen LogP contribution in [0.4, 0.5) is 5.82 Å². The molecule has 2 aromatic heterocycles. The molecule has 1 N–H and O–H groups in total. The first-order valence-corrected chi connectivity index (χ1v) is 9.55. The first-order valence-electron chi connectivity index (χ1n) is 8.80. The molecule has 0 saturated carbocycles. The van der Waals surface area contributed by atoms with E-state index >= 15 is 0 Å². The van der Waals surface area contributed by atoms with Gasteiger partial charge in [0, 0.05) is 28.9 Å². The molecule has 29 heavy (non-hydrogen) atoms. The van der Waals surface area contributed by atoms with Crippen LogP contribution in [0.1, 0.15) is 11.5 Å². The van der Waals surface area contributed by atoms with Crippen LogP contribution in [0.15, 0.2) is 65.3 Å². The molecule has 4 rings (SSSR count). The lowest BCUT2D eigenvalue weighted by molar-refractivity contribution is 0.383. The molecule has 0 saturated heterocycles. The molecule has 0 aliphatic rings. The number of nitrogens with one attached hydrogen (secondary N) is 1. The highest BCUT2D eigenvalue weighted by atomic mass is 35.5. The standard InChI is InChI=1S/C21H16Cl2N4O2/c1-24-20-17(3-2-10-25-20)21-26-19(29-27-21)11-13-4-5-15(23)12-18(13)28-16-8-6-14(22)7-9-16/h2-10,12H,11H2,1H3,(H,24,25). The Morgan fingerprint density at radius 1 is 1.03 bits per heavy atom. The maximum atomic E-state index is 6.16. The summed E-state index contributed by atoms with van der Waals surface area (Å²) >= 11 is 12.1. The van der Waals surface area contributed by atoms with Crippen molar-refractivity contribution in [3.63, 3.8) is 0 Å². The smallest absolute Gasteiger partial charge is 0.231 e. The van der Waals surface area contributed by atoms with Crippen molar-refractivity contribution in [2.24, 2.45) is 0 Å². The Morgan fingerprint density at radius 3 is 2.62 bits per heavy atom. The fraction of sp³-hybridized carbons (Fsp3) is 0.0952. The number of rotatable bonds is 6. The van der Waals surface area contributed by atoms with Crippen molar-refractivity contribution >= 4 is 29.0 Å². The van der Waals surface area contributed by atoms with E-state index in [4.69, 9.17) is 32.5 Å². The van der Waals surface area contributed by atoms with E-state index < -0.39 is 0 Å². The van der Waals surface area contributed by atoms with E-state index in [0.29, 0.717) is 45.5 Å². The van der Waals surface area contributed by atoms with Crippen LogP contribution in [0.25, 0.3) is 11.4 Å². The van der Waals surface area contributed by atoms with Gasteiger partial charge in [-0.05, 0) is 48.5 Å². The van der Waals surface area contributed by atoms with E-state index in [1.54, 1.807) is 49.6 Å². The predicted molar refractivity (Wildman–Crippen MR) is 113 cm³/mol. The van der Waals surface area contributed by atoms with Gasteiger partial charge >= 0.3 is 0 Å². The van der Waals surface area contributed by atoms with Crippen molar-refractivity contribution in [1.29, 1.82) is 0 Å². The molecule has 2 heterocycles. The van der Waals surface area contributed by atoms with Gasteiger partial charge in [0.2, 0.25) is 11.7 Å². The molecule has 6 nitrogen and oxygen atoms in total. The highest BCUT2D eigenvalue weighted by Crippen LogP contribution is 2.31. The van der Waals surface area contributed by atoms with Gasteiger partial charge in [0.1, 0.15) is 17.3 Å². The number of ether oxygens (including phenoxy) is 1. The van der Waals surface area contributed by atoms with Gasteiger partial charge in [0.25, 0.3) is 0 Å². The predicted octanol–water partition coefficient (Wildman–Crippen LogP) is 5.86. The Kier molecular flexibility index (Phi) is 5.64. The average molecular weight is 427 g/mol. The molecular formula is C21H16Cl2N4O2. The van der Waals surface area contributed by atoms with E-state index in [-0.39, 0.29) is 0 Å². The van der Waals surface area contributed by atoms with Crippen molar-refractivity contribution in [3.05, 3.63) is 82.3 Å². The van der Waals surface area contributed by atoms with E-state index in [1.807, 2.05) is 18.2 Å². The second kappa shape index (κ2) is 8.51. The summed E-state index contributed by atoms with van der Waals surface area (Å²) in [6.45, 7) is 0. The number of aromatic nitrogens is 3. The molecule has 0 fully saturated rings. The summed E-state index contributed by atoms with van der Waals surface area (Å²) in [6, 6.07) is 16.2.